The second kappa shape index (κ2) is 8.24. The first-order valence-electron chi connectivity index (χ1n) is 9.69. The van der Waals surface area contributed by atoms with Gasteiger partial charge in [0.1, 0.15) is 5.82 Å². The van der Waals surface area contributed by atoms with Gasteiger partial charge in [0.25, 0.3) is 0 Å². The molecule has 0 amide bonds. The van der Waals surface area contributed by atoms with Crippen molar-refractivity contribution in [2.75, 3.05) is 5.75 Å². The maximum absolute atomic E-state index is 14.3. The first-order valence-corrected chi connectivity index (χ1v) is 11.3. The predicted octanol–water partition coefficient (Wildman–Crippen LogP) is 5.10. The lowest BCUT2D eigenvalue weighted by Crippen LogP contribution is -2.33. The Morgan fingerprint density at radius 2 is 1.81 bits per heavy atom. The van der Waals surface area contributed by atoms with Crippen LogP contribution in [0.1, 0.15) is 43.7 Å². The van der Waals surface area contributed by atoms with Crippen molar-refractivity contribution in [1.82, 2.24) is 0 Å². The lowest BCUT2D eigenvalue weighted by atomic mass is 9.81. The minimum Gasteiger partial charge on any atom is -0.390 e. The fourth-order valence-corrected chi connectivity index (χ4v) is 5.79. The summed E-state index contributed by atoms with van der Waals surface area (Å²) in [6.45, 7) is 1.65. The van der Waals surface area contributed by atoms with Crippen molar-refractivity contribution in [3.8, 4) is 17.2 Å². The van der Waals surface area contributed by atoms with Crippen molar-refractivity contribution in [3.05, 3.63) is 53.3 Å². The van der Waals surface area contributed by atoms with Crippen LogP contribution in [-0.4, -0.2) is 24.9 Å². The lowest BCUT2D eigenvalue weighted by molar-refractivity contribution is -0.139. The minimum absolute atomic E-state index is 0.0166. The van der Waals surface area contributed by atoms with Gasteiger partial charge >= 0.3 is 6.18 Å². The molecular weight excluding hydrogens is 434 g/mol. The molecule has 0 radical (unpaired) electrons. The SMILES string of the molecule is C[C@]1(O)CC[C@@H](CS(=O)(=O)c2ccc(-c3ccc(C#N)cc3F)cc2C(F)(F)F)CC1. The van der Waals surface area contributed by atoms with Gasteiger partial charge in [-0.15, -0.1) is 0 Å². The first kappa shape index (κ1) is 23.2. The smallest absolute Gasteiger partial charge is 0.390 e. The Kier molecular flexibility index (Phi) is 6.18. The number of hydrogen-bond donors (Lipinski definition) is 1. The number of nitriles is 1. The Morgan fingerprint density at radius 3 is 2.35 bits per heavy atom. The van der Waals surface area contributed by atoms with E-state index in [1.54, 1.807) is 13.0 Å². The molecule has 166 valence electrons. The van der Waals surface area contributed by atoms with E-state index in [2.05, 4.69) is 0 Å². The number of rotatable bonds is 4. The Balaban J connectivity index is 1.98. The van der Waals surface area contributed by atoms with Gasteiger partial charge in [0.2, 0.25) is 0 Å². The highest BCUT2D eigenvalue weighted by atomic mass is 32.2. The molecule has 1 N–H and O–H groups in total. The molecule has 1 aliphatic carbocycles. The normalized spacial score (nSPS) is 22.2. The first-order chi connectivity index (χ1) is 14.3. The fourth-order valence-electron chi connectivity index (χ4n) is 3.88. The van der Waals surface area contributed by atoms with Crippen molar-refractivity contribution in [2.45, 2.75) is 49.3 Å². The van der Waals surface area contributed by atoms with Gasteiger partial charge in [0, 0.05) is 5.56 Å². The van der Waals surface area contributed by atoms with E-state index in [0.717, 1.165) is 18.2 Å². The van der Waals surface area contributed by atoms with Crippen LogP contribution in [0.4, 0.5) is 17.6 Å². The zero-order valence-electron chi connectivity index (χ0n) is 16.7. The molecule has 1 aliphatic rings. The van der Waals surface area contributed by atoms with E-state index >= 15 is 0 Å². The van der Waals surface area contributed by atoms with Crippen LogP contribution in [0.3, 0.4) is 0 Å². The summed E-state index contributed by atoms with van der Waals surface area (Å²) < 4.78 is 81.2. The van der Waals surface area contributed by atoms with Crippen molar-refractivity contribution >= 4 is 9.84 Å². The summed E-state index contributed by atoms with van der Waals surface area (Å²) in [7, 11) is -4.27. The highest BCUT2D eigenvalue weighted by Gasteiger charge is 2.39. The number of aliphatic hydroxyl groups is 1. The molecule has 2 aromatic rings. The van der Waals surface area contributed by atoms with Crippen molar-refractivity contribution in [2.24, 2.45) is 5.92 Å². The number of sulfone groups is 1. The monoisotopic (exact) mass is 455 g/mol. The number of alkyl halides is 3. The zero-order valence-corrected chi connectivity index (χ0v) is 17.5. The highest BCUT2D eigenvalue weighted by molar-refractivity contribution is 7.91. The van der Waals surface area contributed by atoms with Gasteiger partial charge in [-0.05, 0) is 68.4 Å². The van der Waals surface area contributed by atoms with Gasteiger partial charge in [0.05, 0.1) is 33.4 Å². The maximum atomic E-state index is 14.3. The van der Waals surface area contributed by atoms with Crippen LogP contribution in [0.5, 0.6) is 0 Å². The largest absolute Gasteiger partial charge is 0.417 e. The van der Waals surface area contributed by atoms with Gasteiger partial charge in [0.15, 0.2) is 9.84 Å². The van der Waals surface area contributed by atoms with E-state index in [1.807, 2.05) is 0 Å². The molecular formula is C22H21F4NO3S. The molecule has 0 aliphatic heterocycles. The summed E-state index contributed by atoms with van der Waals surface area (Å²) >= 11 is 0. The average molecular weight is 455 g/mol. The molecule has 0 aromatic heterocycles. The molecule has 0 spiro atoms. The number of benzene rings is 2. The summed E-state index contributed by atoms with van der Waals surface area (Å²) in [5.74, 6) is -1.67. The summed E-state index contributed by atoms with van der Waals surface area (Å²) in [4.78, 5) is -0.838. The second-order valence-corrected chi connectivity index (χ2v) is 10.2. The topological polar surface area (TPSA) is 78.2 Å². The van der Waals surface area contributed by atoms with Crippen LogP contribution in [0.2, 0.25) is 0 Å². The molecule has 2 aromatic carbocycles. The lowest BCUT2D eigenvalue weighted by Gasteiger charge is -2.33. The van der Waals surface area contributed by atoms with Crippen LogP contribution < -0.4 is 0 Å². The minimum atomic E-state index is -4.96. The maximum Gasteiger partial charge on any atom is 0.417 e. The van der Waals surface area contributed by atoms with Gasteiger partial charge in [-0.3, -0.25) is 0 Å². The molecule has 3 rings (SSSR count). The van der Waals surface area contributed by atoms with Gasteiger partial charge < -0.3 is 5.11 Å². The van der Waals surface area contributed by atoms with Crippen LogP contribution in [0, 0.1) is 23.1 Å². The Labute approximate surface area is 178 Å². The highest BCUT2D eigenvalue weighted by Crippen LogP contribution is 2.39. The molecule has 0 bridgehead atoms. The van der Waals surface area contributed by atoms with E-state index in [9.17, 15) is 31.1 Å². The molecule has 1 saturated carbocycles. The quantitative estimate of drug-likeness (QED) is 0.651. The standard InChI is InChI=1S/C22H21F4NO3S/c1-21(28)8-6-14(7-9-21)13-31(29,30)20-5-3-16(11-18(20)22(24,25)26)17-4-2-15(12-27)10-19(17)23/h2-5,10-11,14,28H,6-9,13H2,1H3/t14-,21+. The predicted molar refractivity (Wildman–Crippen MR) is 106 cm³/mol. The number of halogens is 4. The van der Waals surface area contributed by atoms with Crippen LogP contribution in [0.15, 0.2) is 41.3 Å². The molecule has 4 nitrogen and oxygen atoms in total. The Morgan fingerprint density at radius 1 is 1.16 bits per heavy atom. The van der Waals surface area contributed by atoms with Crippen LogP contribution >= 0.6 is 0 Å². The van der Waals surface area contributed by atoms with Crippen molar-refractivity contribution < 1.29 is 31.1 Å². The van der Waals surface area contributed by atoms with Crippen molar-refractivity contribution in [1.29, 1.82) is 5.26 Å². The molecule has 0 heterocycles. The van der Waals surface area contributed by atoms with E-state index in [4.69, 9.17) is 5.26 Å². The van der Waals surface area contributed by atoms with Crippen LogP contribution in [0.25, 0.3) is 11.1 Å². The van der Waals surface area contributed by atoms with Crippen molar-refractivity contribution in [3.63, 3.8) is 0 Å². The van der Waals surface area contributed by atoms with Gasteiger partial charge in [-0.2, -0.15) is 18.4 Å². The number of hydrogen-bond acceptors (Lipinski definition) is 4. The molecule has 9 heteroatoms. The third kappa shape index (κ3) is 5.25. The third-order valence-corrected chi connectivity index (χ3v) is 7.60. The molecule has 0 unspecified atom stereocenters. The van der Waals surface area contributed by atoms with Gasteiger partial charge in [-0.1, -0.05) is 12.1 Å². The molecule has 1 fully saturated rings. The Bertz CT molecular complexity index is 1120. The Hall–Kier alpha value is -2.44. The molecule has 0 saturated heterocycles. The summed E-state index contributed by atoms with van der Waals surface area (Å²) in [5, 5.41) is 18.8. The zero-order chi connectivity index (χ0) is 23.0. The third-order valence-electron chi connectivity index (χ3n) is 5.67. The summed E-state index contributed by atoms with van der Waals surface area (Å²) in [5.41, 5.74) is -2.52. The van der Waals surface area contributed by atoms with E-state index < -0.39 is 43.6 Å². The summed E-state index contributed by atoms with van der Waals surface area (Å²) in [6, 6.07) is 7.74. The van der Waals surface area contributed by atoms with E-state index in [0.29, 0.717) is 31.7 Å². The molecule has 0 atom stereocenters. The number of nitrogens with zero attached hydrogens (tertiary/aromatic N) is 1. The van der Waals surface area contributed by atoms with E-state index in [1.165, 1.54) is 12.1 Å². The molecule has 31 heavy (non-hydrogen) atoms. The average Bonchev–Trinajstić information content (AvgIpc) is 2.68. The van der Waals surface area contributed by atoms with Gasteiger partial charge in [-0.25, -0.2) is 12.8 Å². The summed E-state index contributed by atoms with van der Waals surface area (Å²) in [6.07, 6.45) is -3.38. The van der Waals surface area contributed by atoms with E-state index in [-0.39, 0.29) is 22.6 Å². The second-order valence-electron chi connectivity index (χ2n) is 8.24. The van der Waals surface area contributed by atoms with Crippen LogP contribution in [-0.2, 0) is 16.0 Å². The fraction of sp³-hybridized carbons (Fsp3) is 0.409.